The first-order valence-electron chi connectivity index (χ1n) is 5.40. The van der Waals surface area contributed by atoms with E-state index in [1.807, 2.05) is 12.1 Å². The van der Waals surface area contributed by atoms with Crippen molar-refractivity contribution in [2.45, 2.75) is 6.42 Å². The molecule has 1 aromatic carbocycles. The Morgan fingerprint density at radius 3 is 2.82 bits per heavy atom. The normalized spacial score (nSPS) is 10.8. The predicted octanol–water partition coefficient (Wildman–Crippen LogP) is 3.30. The van der Waals surface area contributed by atoms with E-state index in [4.69, 9.17) is 28.9 Å². The smallest absolute Gasteiger partial charge is 0.0924 e. The molecule has 0 unspecified atom stereocenters. The second-order valence-corrected chi connectivity index (χ2v) is 4.47. The number of anilines is 1. The minimum Gasteiger partial charge on any atom is -0.384 e. The molecule has 0 amide bonds. The second kappa shape index (κ2) is 5.54. The van der Waals surface area contributed by atoms with Gasteiger partial charge in [0.2, 0.25) is 0 Å². The first-order valence-corrected chi connectivity index (χ1v) is 6.16. The lowest BCUT2D eigenvalue weighted by Gasteiger charge is -2.10. The van der Waals surface area contributed by atoms with Crippen LogP contribution in [0.3, 0.4) is 0 Å². The molecule has 0 fully saturated rings. The quantitative estimate of drug-likeness (QED) is 0.838. The monoisotopic (exact) mass is 269 g/mol. The van der Waals surface area contributed by atoms with Gasteiger partial charge in [0.15, 0.2) is 0 Å². The van der Waals surface area contributed by atoms with Gasteiger partial charge in [0, 0.05) is 23.8 Å². The van der Waals surface area contributed by atoms with Crippen molar-refractivity contribution >= 4 is 39.8 Å². The molecule has 1 heterocycles. The number of pyridine rings is 1. The number of rotatable bonds is 4. The van der Waals surface area contributed by atoms with Crippen molar-refractivity contribution in [2.24, 2.45) is 5.73 Å². The van der Waals surface area contributed by atoms with Crippen LogP contribution < -0.4 is 11.1 Å². The molecule has 0 aliphatic carbocycles. The molecule has 0 radical (unpaired) electrons. The third-order valence-corrected chi connectivity index (χ3v) is 3.29. The molecular weight excluding hydrogens is 257 g/mol. The number of aromatic nitrogens is 1. The van der Waals surface area contributed by atoms with Crippen LogP contribution in [-0.2, 0) is 0 Å². The Labute approximate surface area is 110 Å². The Kier molecular flexibility index (Phi) is 4.05. The minimum absolute atomic E-state index is 0.492. The number of hydrogen-bond donors (Lipinski definition) is 2. The summed E-state index contributed by atoms with van der Waals surface area (Å²) < 4.78 is 0. The lowest BCUT2D eigenvalue weighted by atomic mass is 10.2. The molecule has 0 aliphatic rings. The number of nitrogens with zero attached hydrogens (tertiary/aromatic N) is 1. The number of halogens is 2. The highest BCUT2D eigenvalue weighted by atomic mass is 35.5. The predicted molar refractivity (Wildman–Crippen MR) is 73.9 cm³/mol. The summed E-state index contributed by atoms with van der Waals surface area (Å²) in [5, 5.41) is 5.30. The lowest BCUT2D eigenvalue weighted by molar-refractivity contribution is 0.875. The van der Waals surface area contributed by atoms with Gasteiger partial charge in [-0.2, -0.15) is 0 Å². The summed E-state index contributed by atoms with van der Waals surface area (Å²) in [6.07, 6.45) is 2.64. The molecule has 0 aliphatic heterocycles. The van der Waals surface area contributed by atoms with E-state index in [0.717, 1.165) is 29.6 Å². The molecule has 17 heavy (non-hydrogen) atoms. The largest absolute Gasteiger partial charge is 0.384 e. The van der Waals surface area contributed by atoms with Crippen LogP contribution in [0.1, 0.15) is 6.42 Å². The number of hydrogen-bond acceptors (Lipinski definition) is 3. The second-order valence-electron chi connectivity index (χ2n) is 3.69. The number of nitrogens with one attached hydrogen (secondary N) is 1. The molecule has 5 heteroatoms. The molecule has 2 aromatic rings. The van der Waals surface area contributed by atoms with Crippen LogP contribution in [0.15, 0.2) is 24.4 Å². The van der Waals surface area contributed by atoms with Crippen LogP contribution in [0.25, 0.3) is 10.9 Å². The SMILES string of the molecule is NCCCNc1ccnc2c(Cl)c(Cl)ccc12. The van der Waals surface area contributed by atoms with Crippen molar-refractivity contribution in [1.82, 2.24) is 4.98 Å². The van der Waals surface area contributed by atoms with Gasteiger partial charge in [-0.3, -0.25) is 4.98 Å². The molecule has 0 saturated carbocycles. The number of nitrogens with two attached hydrogens (primary N) is 1. The Balaban J connectivity index is 2.40. The minimum atomic E-state index is 0.492. The molecule has 0 saturated heterocycles. The van der Waals surface area contributed by atoms with Gasteiger partial charge in [0.05, 0.1) is 15.6 Å². The van der Waals surface area contributed by atoms with Gasteiger partial charge < -0.3 is 11.1 Å². The molecule has 2 rings (SSSR count). The van der Waals surface area contributed by atoms with Crippen molar-refractivity contribution in [3.05, 3.63) is 34.4 Å². The van der Waals surface area contributed by atoms with Gasteiger partial charge in [-0.05, 0) is 31.2 Å². The summed E-state index contributed by atoms with van der Waals surface area (Å²) in [5.41, 5.74) is 7.18. The molecule has 3 nitrogen and oxygen atoms in total. The number of fused-ring (bicyclic) bond motifs is 1. The molecular formula is C12H13Cl2N3. The highest BCUT2D eigenvalue weighted by molar-refractivity contribution is 6.45. The molecule has 0 bridgehead atoms. The van der Waals surface area contributed by atoms with Gasteiger partial charge in [-0.1, -0.05) is 23.2 Å². The molecule has 1 aromatic heterocycles. The van der Waals surface area contributed by atoms with E-state index in [1.165, 1.54) is 0 Å². The summed E-state index contributed by atoms with van der Waals surface area (Å²) in [6, 6.07) is 5.62. The maximum Gasteiger partial charge on any atom is 0.0924 e. The van der Waals surface area contributed by atoms with Gasteiger partial charge in [-0.25, -0.2) is 0 Å². The zero-order valence-corrected chi connectivity index (χ0v) is 10.7. The van der Waals surface area contributed by atoms with Crippen LogP contribution in [-0.4, -0.2) is 18.1 Å². The summed E-state index contributed by atoms with van der Waals surface area (Å²) in [4.78, 5) is 4.25. The summed E-state index contributed by atoms with van der Waals surface area (Å²) >= 11 is 12.1. The van der Waals surface area contributed by atoms with E-state index in [0.29, 0.717) is 16.6 Å². The molecule has 90 valence electrons. The van der Waals surface area contributed by atoms with Crippen molar-refractivity contribution in [3.8, 4) is 0 Å². The molecule has 0 spiro atoms. The first-order chi connectivity index (χ1) is 8.24. The summed E-state index contributed by atoms with van der Waals surface area (Å²) in [6.45, 7) is 1.50. The van der Waals surface area contributed by atoms with E-state index in [1.54, 1.807) is 12.3 Å². The lowest BCUT2D eigenvalue weighted by Crippen LogP contribution is -2.08. The van der Waals surface area contributed by atoms with E-state index in [2.05, 4.69) is 10.3 Å². The van der Waals surface area contributed by atoms with E-state index in [-0.39, 0.29) is 0 Å². The van der Waals surface area contributed by atoms with Gasteiger partial charge >= 0.3 is 0 Å². The maximum absolute atomic E-state index is 6.12. The van der Waals surface area contributed by atoms with Gasteiger partial charge in [0.1, 0.15) is 0 Å². The highest BCUT2D eigenvalue weighted by Crippen LogP contribution is 2.32. The fraction of sp³-hybridized carbons (Fsp3) is 0.250. The Bertz CT molecular complexity index is 528. The Morgan fingerprint density at radius 2 is 2.06 bits per heavy atom. The van der Waals surface area contributed by atoms with Crippen LogP contribution in [0.4, 0.5) is 5.69 Å². The van der Waals surface area contributed by atoms with Crippen molar-refractivity contribution in [2.75, 3.05) is 18.4 Å². The molecule has 3 N–H and O–H groups in total. The fourth-order valence-corrected chi connectivity index (χ4v) is 2.00. The van der Waals surface area contributed by atoms with Crippen LogP contribution in [0, 0.1) is 0 Å². The topological polar surface area (TPSA) is 50.9 Å². The third kappa shape index (κ3) is 2.63. The van der Waals surface area contributed by atoms with Crippen LogP contribution in [0.2, 0.25) is 10.0 Å². The standard InChI is InChI=1S/C12H13Cl2N3/c13-9-3-2-8-10(16-6-1-5-15)4-7-17-12(8)11(9)14/h2-4,7H,1,5-6,15H2,(H,16,17). The average molecular weight is 270 g/mol. The third-order valence-electron chi connectivity index (χ3n) is 2.50. The highest BCUT2D eigenvalue weighted by Gasteiger charge is 2.07. The zero-order chi connectivity index (χ0) is 12.3. The van der Waals surface area contributed by atoms with E-state index < -0.39 is 0 Å². The fourth-order valence-electron chi connectivity index (χ4n) is 1.64. The maximum atomic E-state index is 6.12. The zero-order valence-electron chi connectivity index (χ0n) is 9.21. The average Bonchev–Trinajstić information content (AvgIpc) is 2.35. The van der Waals surface area contributed by atoms with Crippen molar-refractivity contribution < 1.29 is 0 Å². The molecule has 0 atom stereocenters. The Morgan fingerprint density at radius 1 is 1.24 bits per heavy atom. The summed E-state index contributed by atoms with van der Waals surface area (Å²) in [7, 11) is 0. The first kappa shape index (κ1) is 12.4. The van der Waals surface area contributed by atoms with E-state index >= 15 is 0 Å². The summed E-state index contributed by atoms with van der Waals surface area (Å²) in [5.74, 6) is 0. The van der Waals surface area contributed by atoms with Crippen LogP contribution in [0.5, 0.6) is 0 Å². The van der Waals surface area contributed by atoms with Crippen molar-refractivity contribution in [3.63, 3.8) is 0 Å². The van der Waals surface area contributed by atoms with Crippen molar-refractivity contribution in [1.29, 1.82) is 0 Å². The Hall–Kier alpha value is -1.03. The van der Waals surface area contributed by atoms with Gasteiger partial charge in [0.25, 0.3) is 0 Å². The van der Waals surface area contributed by atoms with E-state index in [9.17, 15) is 0 Å². The van der Waals surface area contributed by atoms with Crippen LogP contribution >= 0.6 is 23.2 Å². The number of benzene rings is 1. The van der Waals surface area contributed by atoms with Gasteiger partial charge in [-0.15, -0.1) is 0 Å².